The zero-order chi connectivity index (χ0) is 12.4. The highest BCUT2D eigenvalue weighted by Gasteiger charge is 2.16. The minimum absolute atomic E-state index is 0.394. The van der Waals surface area contributed by atoms with Gasteiger partial charge in [0, 0.05) is 28.0 Å². The number of nitrogens with two attached hydrogens (primary N) is 1. The van der Waals surface area contributed by atoms with Crippen LogP contribution in [0.4, 0.5) is 0 Å². The number of H-pyrrole nitrogens is 1. The van der Waals surface area contributed by atoms with Gasteiger partial charge in [0.1, 0.15) is 6.04 Å². The monoisotopic (exact) mass is 296 g/mol. The highest BCUT2D eigenvalue weighted by atomic mass is 79.9. The molecule has 0 amide bonds. The van der Waals surface area contributed by atoms with Gasteiger partial charge in [-0.05, 0) is 23.8 Å². The number of benzene rings is 1. The SMILES string of the molecule is COC(=O)C(N)Cc1c[nH]c2ccc(Br)cc12. The third-order valence-electron chi connectivity index (χ3n) is 2.67. The Morgan fingerprint density at radius 3 is 3.06 bits per heavy atom. The van der Waals surface area contributed by atoms with E-state index in [0.29, 0.717) is 6.42 Å². The Morgan fingerprint density at radius 1 is 1.59 bits per heavy atom. The van der Waals surface area contributed by atoms with Gasteiger partial charge in [0.2, 0.25) is 0 Å². The summed E-state index contributed by atoms with van der Waals surface area (Å²) in [5.74, 6) is -0.394. The van der Waals surface area contributed by atoms with Gasteiger partial charge in [-0.3, -0.25) is 4.79 Å². The minimum atomic E-state index is -0.627. The Bertz CT molecular complexity index is 550. The van der Waals surface area contributed by atoms with Crippen LogP contribution in [0.15, 0.2) is 28.9 Å². The Labute approximate surface area is 107 Å². The fourth-order valence-electron chi connectivity index (χ4n) is 1.79. The predicted octanol–water partition coefficient (Wildman–Crippen LogP) is 1.97. The summed E-state index contributed by atoms with van der Waals surface area (Å²) in [4.78, 5) is 14.4. The van der Waals surface area contributed by atoms with Crippen molar-refractivity contribution in [2.45, 2.75) is 12.5 Å². The number of esters is 1. The molecule has 0 saturated carbocycles. The first-order valence-corrected chi connectivity index (χ1v) is 6.00. The van der Waals surface area contributed by atoms with Crippen molar-refractivity contribution in [2.75, 3.05) is 7.11 Å². The van der Waals surface area contributed by atoms with Crippen LogP contribution in [-0.4, -0.2) is 24.1 Å². The molecule has 0 fully saturated rings. The molecular weight excluding hydrogens is 284 g/mol. The average Bonchev–Trinajstić information content (AvgIpc) is 2.71. The van der Waals surface area contributed by atoms with E-state index in [4.69, 9.17) is 5.73 Å². The van der Waals surface area contributed by atoms with E-state index in [-0.39, 0.29) is 0 Å². The lowest BCUT2D eigenvalue weighted by Crippen LogP contribution is -2.33. The summed E-state index contributed by atoms with van der Waals surface area (Å²) < 4.78 is 5.61. The molecule has 2 rings (SSSR count). The Kier molecular flexibility index (Phi) is 3.49. The molecule has 1 aromatic heterocycles. The van der Waals surface area contributed by atoms with Gasteiger partial charge in [-0.25, -0.2) is 0 Å². The Balaban J connectivity index is 2.30. The number of halogens is 1. The van der Waals surface area contributed by atoms with Crippen LogP contribution in [-0.2, 0) is 16.0 Å². The molecule has 0 spiro atoms. The number of nitrogens with one attached hydrogen (secondary N) is 1. The van der Waals surface area contributed by atoms with E-state index in [0.717, 1.165) is 20.9 Å². The summed E-state index contributed by atoms with van der Waals surface area (Å²) in [6.45, 7) is 0. The van der Waals surface area contributed by atoms with E-state index >= 15 is 0 Å². The van der Waals surface area contributed by atoms with Crippen molar-refractivity contribution >= 4 is 32.8 Å². The summed E-state index contributed by atoms with van der Waals surface area (Å²) in [7, 11) is 1.34. The minimum Gasteiger partial charge on any atom is -0.468 e. The molecule has 5 heteroatoms. The van der Waals surface area contributed by atoms with Gasteiger partial charge in [-0.15, -0.1) is 0 Å². The fourth-order valence-corrected chi connectivity index (χ4v) is 2.15. The van der Waals surface area contributed by atoms with Crippen LogP contribution in [0.3, 0.4) is 0 Å². The number of carbonyl (C=O) groups is 1. The zero-order valence-corrected chi connectivity index (χ0v) is 11.0. The Hall–Kier alpha value is -1.33. The maximum Gasteiger partial charge on any atom is 0.322 e. The van der Waals surface area contributed by atoms with Crippen LogP contribution < -0.4 is 5.73 Å². The number of hydrogen-bond donors (Lipinski definition) is 2. The van der Waals surface area contributed by atoms with Gasteiger partial charge in [-0.2, -0.15) is 0 Å². The normalized spacial score (nSPS) is 12.6. The maximum absolute atomic E-state index is 11.3. The van der Waals surface area contributed by atoms with Gasteiger partial charge in [-0.1, -0.05) is 15.9 Å². The van der Waals surface area contributed by atoms with Crippen LogP contribution in [0.1, 0.15) is 5.56 Å². The number of ether oxygens (including phenoxy) is 1. The molecule has 0 radical (unpaired) electrons. The molecular formula is C12H13BrN2O2. The molecule has 4 nitrogen and oxygen atoms in total. The number of rotatable bonds is 3. The Morgan fingerprint density at radius 2 is 2.35 bits per heavy atom. The standard InChI is InChI=1S/C12H13BrN2O2/c1-17-12(16)10(14)4-7-6-15-11-3-2-8(13)5-9(7)11/h2-3,5-6,10,15H,4,14H2,1H3. The molecule has 0 bridgehead atoms. The molecule has 0 saturated heterocycles. The van der Waals surface area contributed by atoms with Crippen molar-refractivity contribution in [3.05, 3.63) is 34.4 Å². The molecule has 1 aromatic carbocycles. The fraction of sp³-hybridized carbons (Fsp3) is 0.250. The molecule has 0 aliphatic heterocycles. The molecule has 90 valence electrons. The van der Waals surface area contributed by atoms with Crippen LogP contribution in [0.25, 0.3) is 10.9 Å². The third kappa shape index (κ3) is 2.50. The number of aromatic amines is 1. The number of hydrogen-bond acceptors (Lipinski definition) is 3. The summed E-state index contributed by atoms with van der Waals surface area (Å²) in [6, 6.07) is 5.32. The molecule has 1 atom stereocenters. The number of carbonyl (C=O) groups excluding carboxylic acids is 1. The molecule has 17 heavy (non-hydrogen) atoms. The molecule has 0 aliphatic rings. The second kappa shape index (κ2) is 4.89. The lowest BCUT2D eigenvalue weighted by atomic mass is 10.1. The highest BCUT2D eigenvalue weighted by Crippen LogP contribution is 2.23. The zero-order valence-electron chi connectivity index (χ0n) is 9.37. The van der Waals surface area contributed by atoms with Gasteiger partial charge in [0.15, 0.2) is 0 Å². The van der Waals surface area contributed by atoms with Gasteiger partial charge >= 0.3 is 5.97 Å². The second-order valence-corrected chi connectivity index (χ2v) is 4.75. The summed E-state index contributed by atoms with van der Waals surface area (Å²) in [5, 5.41) is 1.07. The number of methoxy groups -OCH3 is 1. The lowest BCUT2D eigenvalue weighted by Gasteiger charge is -2.08. The van der Waals surface area contributed by atoms with Crippen molar-refractivity contribution in [3.8, 4) is 0 Å². The van der Waals surface area contributed by atoms with Gasteiger partial charge in [0.05, 0.1) is 7.11 Å². The molecule has 0 aliphatic carbocycles. The van der Waals surface area contributed by atoms with E-state index in [2.05, 4.69) is 25.7 Å². The smallest absolute Gasteiger partial charge is 0.322 e. The van der Waals surface area contributed by atoms with E-state index in [1.54, 1.807) is 0 Å². The average molecular weight is 297 g/mol. The van der Waals surface area contributed by atoms with E-state index < -0.39 is 12.0 Å². The highest BCUT2D eigenvalue weighted by molar-refractivity contribution is 9.10. The van der Waals surface area contributed by atoms with Crippen LogP contribution in [0, 0.1) is 0 Å². The molecule has 2 aromatic rings. The van der Waals surface area contributed by atoms with Crippen LogP contribution in [0.2, 0.25) is 0 Å². The van der Waals surface area contributed by atoms with E-state index in [1.165, 1.54) is 7.11 Å². The quantitative estimate of drug-likeness (QED) is 0.851. The first kappa shape index (κ1) is 12.1. The lowest BCUT2D eigenvalue weighted by molar-refractivity contribution is -0.142. The van der Waals surface area contributed by atoms with Crippen molar-refractivity contribution in [1.82, 2.24) is 4.98 Å². The largest absolute Gasteiger partial charge is 0.468 e. The molecule has 1 heterocycles. The second-order valence-electron chi connectivity index (χ2n) is 3.84. The first-order valence-electron chi connectivity index (χ1n) is 5.20. The number of aromatic nitrogens is 1. The van der Waals surface area contributed by atoms with Crippen molar-refractivity contribution in [3.63, 3.8) is 0 Å². The van der Waals surface area contributed by atoms with Crippen LogP contribution >= 0.6 is 15.9 Å². The van der Waals surface area contributed by atoms with Crippen molar-refractivity contribution < 1.29 is 9.53 Å². The van der Waals surface area contributed by atoms with E-state index in [9.17, 15) is 4.79 Å². The predicted molar refractivity (Wildman–Crippen MR) is 69.7 cm³/mol. The van der Waals surface area contributed by atoms with Crippen LogP contribution in [0.5, 0.6) is 0 Å². The summed E-state index contributed by atoms with van der Waals surface area (Å²) >= 11 is 3.42. The van der Waals surface area contributed by atoms with E-state index in [1.807, 2.05) is 24.4 Å². The van der Waals surface area contributed by atoms with Gasteiger partial charge in [0.25, 0.3) is 0 Å². The molecule has 1 unspecified atom stereocenters. The van der Waals surface area contributed by atoms with Gasteiger partial charge < -0.3 is 15.5 Å². The van der Waals surface area contributed by atoms with Crippen molar-refractivity contribution in [2.24, 2.45) is 5.73 Å². The maximum atomic E-state index is 11.3. The topological polar surface area (TPSA) is 68.1 Å². The number of fused-ring (bicyclic) bond motifs is 1. The first-order chi connectivity index (χ1) is 8.11. The summed E-state index contributed by atoms with van der Waals surface area (Å²) in [5.41, 5.74) is 7.79. The third-order valence-corrected chi connectivity index (χ3v) is 3.17. The molecule has 3 N–H and O–H groups in total. The summed E-state index contributed by atoms with van der Waals surface area (Å²) in [6.07, 6.45) is 2.34. The van der Waals surface area contributed by atoms with Crippen molar-refractivity contribution in [1.29, 1.82) is 0 Å².